The van der Waals surface area contributed by atoms with E-state index in [1.165, 1.54) is 0 Å². The van der Waals surface area contributed by atoms with E-state index >= 15 is 0 Å². The molecule has 0 aromatic heterocycles. The number of hydrogen-bond donors (Lipinski definition) is 1. The van der Waals surface area contributed by atoms with Crippen LogP contribution in [0.25, 0.3) is 0 Å². The molecule has 0 heterocycles. The third-order valence-electron chi connectivity index (χ3n) is 4.66. The third-order valence-corrected chi connectivity index (χ3v) is 4.66. The molecule has 1 aliphatic carbocycles. The van der Waals surface area contributed by atoms with Crippen LogP contribution < -0.4 is 0 Å². The van der Waals surface area contributed by atoms with Crippen molar-refractivity contribution in [3.63, 3.8) is 0 Å². The lowest BCUT2D eigenvalue weighted by molar-refractivity contribution is -0.0276. The maximum absolute atomic E-state index is 10.5. The predicted octanol–water partition coefficient (Wildman–Crippen LogP) is 3.17. The molecule has 1 saturated carbocycles. The molecule has 0 amide bonds. The van der Waals surface area contributed by atoms with Crippen molar-refractivity contribution in [1.29, 1.82) is 0 Å². The number of aliphatic hydroxyl groups is 1. The van der Waals surface area contributed by atoms with Crippen LogP contribution in [0.1, 0.15) is 53.9 Å². The zero-order valence-corrected chi connectivity index (χ0v) is 14.4. The van der Waals surface area contributed by atoms with Crippen LogP contribution in [0.15, 0.2) is 0 Å². The Kier molecular flexibility index (Phi) is 6.96. The predicted molar refractivity (Wildman–Crippen MR) is 84.9 cm³/mol. The Morgan fingerprint density at radius 2 is 1.90 bits per heavy atom. The molecule has 3 nitrogen and oxygen atoms in total. The fraction of sp³-hybridized carbons (Fsp3) is 1.00. The highest BCUT2D eigenvalue weighted by Gasteiger charge is 2.37. The van der Waals surface area contributed by atoms with E-state index in [1.54, 1.807) is 7.11 Å². The molecule has 3 unspecified atom stereocenters. The molecule has 0 spiro atoms. The molecule has 0 aliphatic heterocycles. The second kappa shape index (κ2) is 7.77. The van der Waals surface area contributed by atoms with E-state index in [0.717, 1.165) is 39.0 Å². The summed E-state index contributed by atoms with van der Waals surface area (Å²) in [4.78, 5) is 2.46. The summed E-state index contributed by atoms with van der Waals surface area (Å²) in [6.07, 6.45) is 3.03. The maximum Gasteiger partial charge on any atom is 0.0695 e. The average molecular weight is 285 g/mol. The first-order valence-corrected chi connectivity index (χ1v) is 8.16. The molecular weight excluding hydrogens is 250 g/mol. The van der Waals surface area contributed by atoms with Gasteiger partial charge in [-0.3, -0.25) is 4.90 Å². The Morgan fingerprint density at radius 3 is 2.40 bits per heavy atom. The van der Waals surface area contributed by atoms with Gasteiger partial charge in [-0.15, -0.1) is 0 Å². The molecule has 0 aromatic carbocycles. The van der Waals surface area contributed by atoms with Crippen LogP contribution in [0.2, 0.25) is 0 Å². The van der Waals surface area contributed by atoms with Crippen molar-refractivity contribution in [2.45, 2.75) is 66.0 Å². The Morgan fingerprint density at radius 1 is 1.25 bits per heavy atom. The van der Waals surface area contributed by atoms with Crippen LogP contribution in [0.4, 0.5) is 0 Å². The minimum absolute atomic E-state index is 0.177. The largest absolute Gasteiger partial charge is 0.391 e. The molecular formula is C17H35NO2. The summed E-state index contributed by atoms with van der Waals surface area (Å²) in [6, 6.07) is 0.297. The lowest BCUT2D eigenvalue weighted by Crippen LogP contribution is -2.51. The van der Waals surface area contributed by atoms with E-state index in [9.17, 15) is 5.11 Å². The summed E-state index contributed by atoms with van der Waals surface area (Å²) in [5, 5.41) is 10.5. The van der Waals surface area contributed by atoms with Gasteiger partial charge >= 0.3 is 0 Å². The lowest BCUT2D eigenvalue weighted by atomic mass is 9.70. The fourth-order valence-corrected chi connectivity index (χ4v) is 3.38. The SMILES string of the molecule is COCCN(CC(C)C)C1CC(C(C)(C)C)CCC1O. The zero-order valence-electron chi connectivity index (χ0n) is 14.4. The van der Waals surface area contributed by atoms with E-state index in [2.05, 4.69) is 39.5 Å². The van der Waals surface area contributed by atoms with E-state index in [-0.39, 0.29) is 6.10 Å². The quantitative estimate of drug-likeness (QED) is 0.813. The highest BCUT2D eigenvalue weighted by molar-refractivity contribution is 4.91. The molecule has 1 aliphatic rings. The second-order valence-electron chi connectivity index (χ2n) is 7.89. The summed E-state index contributed by atoms with van der Waals surface area (Å²) in [6.45, 7) is 14.2. The normalized spacial score (nSPS) is 28.4. The van der Waals surface area contributed by atoms with E-state index in [4.69, 9.17) is 4.74 Å². The molecule has 0 radical (unpaired) electrons. The first-order valence-electron chi connectivity index (χ1n) is 8.16. The van der Waals surface area contributed by atoms with Gasteiger partial charge in [0.2, 0.25) is 0 Å². The minimum atomic E-state index is -0.177. The van der Waals surface area contributed by atoms with Crippen molar-refractivity contribution in [3.8, 4) is 0 Å². The van der Waals surface area contributed by atoms with Crippen LogP contribution >= 0.6 is 0 Å². The van der Waals surface area contributed by atoms with Crippen molar-refractivity contribution < 1.29 is 9.84 Å². The molecule has 1 rings (SSSR count). The summed E-state index contributed by atoms with van der Waals surface area (Å²) >= 11 is 0. The fourth-order valence-electron chi connectivity index (χ4n) is 3.38. The number of nitrogens with zero attached hydrogens (tertiary/aromatic N) is 1. The first kappa shape index (κ1) is 17.9. The molecule has 0 bridgehead atoms. The van der Waals surface area contributed by atoms with Gasteiger partial charge in [-0.1, -0.05) is 34.6 Å². The van der Waals surface area contributed by atoms with Crippen molar-refractivity contribution in [1.82, 2.24) is 4.90 Å². The van der Waals surface area contributed by atoms with Crippen LogP contribution in [-0.2, 0) is 4.74 Å². The minimum Gasteiger partial charge on any atom is -0.391 e. The Bertz CT molecular complexity index is 273. The van der Waals surface area contributed by atoms with Crippen LogP contribution in [0.5, 0.6) is 0 Å². The molecule has 120 valence electrons. The zero-order chi connectivity index (χ0) is 15.3. The van der Waals surface area contributed by atoms with Gasteiger partial charge in [-0.25, -0.2) is 0 Å². The van der Waals surface area contributed by atoms with Gasteiger partial charge in [0.05, 0.1) is 12.7 Å². The van der Waals surface area contributed by atoms with Gasteiger partial charge in [0.25, 0.3) is 0 Å². The Labute approximate surface area is 125 Å². The first-order chi connectivity index (χ1) is 9.25. The molecule has 0 saturated heterocycles. The molecule has 1 N–H and O–H groups in total. The van der Waals surface area contributed by atoms with E-state index < -0.39 is 0 Å². The summed E-state index contributed by atoms with van der Waals surface area (Å²) in [5.41, 5.74) is 0.336. The van der Waals surface area contributed by atoms with Crippen molar-refractivity contribution in [2.75, 3.05) is 26.8 Å². The smallest absolute Gasteiger partial charge is 0.0695 e. The van der Waals surface area contributed by atoms with E-state index in [1.807, 2.05) is 0 Å². The highest BCUT2D eigenvalue weighted by Crippen LogP contribution is 2.39. The van der Waals surface area contributed by atoms with Crippen molar-refractivity contribution in [3.05, 3.63) is 0 Å². The lowest BCUT2D eigenvalue weighted by Gasteiger charge is -2.45. The third kappa shape index (κ3) is 5.34. The highest BCUT2D eigenvalue weighted by atomic mass is 16.5. The summed E-state index contributed by atoms with van der Waals surface area (Å²) in [5.74, 6) is 1.32. The number of hydrogen-bond acceptors (Lipinski definition) is 3. The second-order valence-corrected chi connectivity index (χ2v) is 7.89. The van der Waals surface area contributed by atoms with Crippen LogP contribution in [0, 0.1) is 17.3 Å². The average Bonchev–Trinajstić information content (AvgIpc) is 2.33. The van der Waals surface area contributed by atoms with Gasteiger partial charge in [0.15, 0.2) is 0 Å². The number of ether oxygens (including phenoxy) is 1. The standard InChI is InChI=1S/C17H35NO2/c1-13(2)12-18(9-10-20-6)15-11-14(17(3,4)5)7-8-16(15)19/h13-16,19H,7-12H2,1-6H3. The molecule has 0 aromatic rings. The van der Waals surface area contributed by atoms with Gasteiger partial charge in [-0.05, 0) is 36.5 Å². The summed E-state index contributed by atoms with van der Waals surface area (Å²) < 4.78 is 5.25. The monoisotopic (exact) mass is 285 g/mol. The number of rotatable bonds is 6. The number of methoxy groups -OCH3 is 1. The molecule has 3 heteroatoms. The molecule has 3 atom stereocenters. The topological polar surface area (TPSA) is 32.7 Å². The van der Waals surface area contributed by atoms with Gasteiger partial charge < -0.3 is 9.84 Å². The number of aliphatic hydroxyl groups excluding tert-OH is 1. The van der Waals surface area contributed by atoms with E-state index in [0.29, 0.717) is 23.3 Å². The van der Waals surface area contributed by atoms with Crippen LogP contribution in [0.3, 0.4) is 0 Å². The molecule has 20 heavy (non-hydrogen) atoms. The van der Waals surface area contributed by atoms with Gasteiger partial charge in [-0.2, -0.15) is 0 Å². The van der Waals surface area contributed by atoms with Gasteiger partial charge in [0, 0.05) is 26.2 Å². The van der Waals surface area contributed by atoms with Crippen LogP contribution in [-0.4, -0.2) is 49.0 Å². The maximum atomic E-state index is 10.5. The Balaban J connectivity index is 2.74. The Hall–Kier alpha value is -0.120. The van der Waals surface area contributed by atoms with Gasteiger partial charge in [0.1, 0.15) is 0 Å². The van der Waals surface area contributed by atoms with Crippen molar-refractivity contribution >= 4 is 0 Å². The summed E-state index contributed by atoms with van der Waals surface area (Å²) in [7, 11) is 1.75. The molecule has 1 fully saturated rings. The van der Waals surface area contributed by atoms with Crippen molar-refractivity contribution in [2.24, 2.45) is 17.3 Å².